The van der Waals surface area contributed by atoms with Gasteiger partial charge >= 0.3 is 0 Å². The van der Waals surface area contributed by atoms with Gasteiger partial charge in [-0.1, -0.05) is 6.07 Å². The third-order valence-electron chi connectivity index (χ3n) is 1.58. The van der Waals surface area contributed by atoms with Gasteiger partial charge < -0.3 is 0 Å². The van der Waals surface area contributed by atoms with Gasteiger partial charge in [-0.3, -0.25) is 0 Å². The number of fused-ring (bicyclic) bond motifs is 1. The molecule has 0 N–H and O–H groups in total. The maximum atomic E-state index is 12.8. The normalized spacial score (nSPS) is 10.9. The van der Waals surface area contributed by atoms with E-state index in [9.17, 15) is 4.39 Å². The summed E-state index contributed by atoms with van der Waals surface area (Å²) in [6.45, 7) is 0. The van der Waals surface area contributed by atoms with Crippen LogP contribution in [-0.4, -0.2) is 0 Å². The van der Waals surface area contributed by atoms with Crippen molar-refractivity contribution in [2.75, 3.05) is 0 Å². The van der Waals surface area contributed by atoms with Crippen molar-refractivity contribution >= 4 is 50.0 Å². The molecule has 0 aliphatic rings. The van der Waals surface area contributed by atoms with E-state index >= 15 is 0 Å². The molecule has 0 nitrogen and oxygen atoms in total. The second kappa shape index (κ2) is 3.01. The van der Waals surface area contributed by atoms with Crippen LogP contribution in [0.4, 0.5) is 4.39 Å². The van der Waals surface area contributed by atoms with Gasteiger partial charge in [0.15, 0.2) is 5.13 Å². The maximum Gasteiger partial charge on any atom is 0.177 e. The van der Waals surface area contributed by atoms with Crippen LogP contribution >= 0.6 is 39.9 Å². The molecule has 0 spiro atoms. The summed E-state index contributed by atoms with van der Waals surface area (Å²) >= 11 is 8.71. The number of thiophene rings is 1. The third kappa shape index (κ3) is 1.28. The van der Waals surface area contributed by atoms with Crippen LogP contribution in [0.5, 0.6) is 0 Å². The minimum Gasteiger partial charge on any atom is -0.195 e. The lowest BCUT2D eigenvalue weighted by Gasteiger charge is -1.96. The molecule has 4 heteroatoms. The Labute approximate surface area is 86.9 Å². The average molecular weight is 263 g/mol. The van der Waals surface area contributed by atoms with Gasteiger partial charge in [0.05, 0.1) is 4.70 Å². The number of hydrogen-bond acceptors (Lipinski definition) is 2. The predicted molar refractivity (Wildman–Crippen MR) is 56.7 cm³/mol. The molecule has 0 amide bonds. The zero-order chi connectivity index (χ0) is 8.72. The van der Waals surface area contributed by atoms with E-state index in [2.05, 4.69) is 28.6 Å². The Bertz CT molecular complexity index is 436. The first-order chi connectivity index (χ1) is 5.68. The van der Waals surface area contributed by atoms with Gasteiger partial charge in [0, 0.05) is 9.37 Å². The van der Waals surface area contributed by atoms with E-state index in [1.54, 1.807) is 0 Å². The lowest BCUT2D eigenvalue weighted by atomic mass is 10.3. The number of rotatable bonds is 0. The van der Waals surface area contributed by atoms with Crippen molar-refractivity contribution in [3.05, 3.63) is 27.8 Å². The predicted octanol–water partition coefficient (Wildman–Crippen LogP) is 4.09. The van der Waals surface area contributed by atoms with E-state index in [-0.39, 0.29) is 5.13 Å². The second-order valence-electron chi connectivity index (χ2n) is 2.37. The molecule has 0 saturated heterocycles. The summed E-state index contributed by atoms with van der Waals surface area (Å²) in [7, 11) is 0. The van der Waals surface area contributed by atoms with E-state index in [0.717, 1.165) is 30.8 Å². The summed E-state index contributed by atoms with van der Waals surface area (Å²) in [6, 6.07) is 5.24. The Morgan fingerprint density at radius 2 is 2.17 bits per heavy atom. The monoisotopic (exact) mass is 262 g/mol. The highest BCUT2D eigenvalue weighted by Gasteiger charge is 2.06. The van der Waals surface area contributed by atoms with Crippen LogP contribution in [-0.2, 0) is 0 Å². The summed E-state index contributed by atoms with van der Waals surface area (Å²) in [6.07, 6.45) is 0. The summed E-state index contributed by atoms with van der Waals surface area (Å²) in [5.74, 6) is 0. The quantitative estimate of drug-likeness (QED) is 0.680. The zero-order valence-corrected chi connectivity index (χ0v) is 9.14. The Morgan fingerprint density at radius 1 is 1.42 bits per heavy atom. The largest absolute Gasteiger partial charge is 0.195 e. The molecule has 0 aliphatic carbocycles. The molecule has 2 aromatic rings. The highest BCUT2D eigenvalue weighted by atomic mass is 79.9. The highest BCUT2D eigenvalue weighted by Crippen LogP contribution is 2.35. The van der Waals surface area contributed by atoms with Crippen molar-refractivity contribution in [2.24, 2.45) is 0 Å². The van der Waals surface area contributed by atoms with Crippen LogP contribution in [0.25, 0.3) is 10.1 Å². The first kappa shape index (κ1) is 8.53. The molecular formula is C8H4BrFS2. The Hall–Kier alpha value is -0.0600. The summed E-state index contributed by atoms with van der Waals surface area (Å²) in [5, 5.41) is 0.756. The van der Waals surface area contributed by atoms with E-state index in [0.29, 0.717) is 0 Å². The van der Waals surface area contributed by atoms with Gasteiger partial charge in [-0.15, -0.1) is 24.0 Å². The lowest BCUT2D eigenvalue weighted by molar-refractivity contribution is 0.658. The fraction of sp³-hybridized carbons (Fsp3) is 0. The number of hydrogen-bond donors (Lipinski definition) is 1. The minimum absolute atomic E-state index is 0.162. The van der Waals surface area contributed by atoms with Gasteiger partial charge in [0.25, 0.3) is 0 Å². The third-order valence-corrected chi connectivity index (χ3v) is 4.30. The van der Waals surface area contributed by atoms with Crippen molar-refractivity contribution in [3.8, 4) is 0 Å². The van der Waals surface area contributed by atoms with Crippen LogP contribution in [0.1, 0.15) is 0 Å². The number of benzene rings is 1. The van der Waals surface area contributed by atoms with Crippen LogP contribution in [0.3, 0.4) is 0 Å². The van der Waals surface area contributed by atoms with Gasteiger partial charge in [-0.05, 0) is 33.4 Å². The molecule has 0 bridgehead atoms. The first-order valence-electron chi connectivity index (χ1n) is 3.25. The van der Waals surface area contributed by atoms with Crippen LogP contribution in [0, 0.1) is 5.13 Å². The molecule has 0 atom stereocenters. The molecule has 0 radical (unpaired) electrons. The number of halogens is 2. The molecule has 12 heavy (non-hydrogen) atoms. The molecule has 1 heterocycles. The Balaban J connectivity index is 2.89. The standard InChI is InChI=1S/C8H4BrFS2/c9-7-5(11)2-1-4-3-6(10)12-8(4)7/h1-3,11H. The molecule has 62 valence electrons. The molecule has 2 rings (SSSR count). The maximum absolute atomic E-state index is 12.8. The minimum atomic E-state index is -0.162. The molecule has 1 aromatic heterocycles. The van der Waals surface area contributed by atoms with Gasteiger partial charge in [0.1, 0.15) is 0 Å². The molecular weight excluding hydrogens is 259 g/mol. The summed E-state index contributed by atoms with van der Waals surface area (Å²) in [5.41, 5.74) is 0. The highest BCUT2D eigenvalue weighted by molar-refractivity contribution is 9.10. The van der Waals surface area contributed by atoms with Crippen LogP contribution < -0.4 is 0 Å². The Kier molecular flexibility index (Phi) is 2.14. The SMILES string of the molecule is Fc1cc2ccc(S)c(Br)c2s1. The molecule has 0 aliphatic heterocycles. The van der Waals surface area contributed by atoms with Crippen molar-refractivity contribution < 1.29 is 4.39 Å². The Morgan fingerprint density at radius 3 is 2.92 bits per heavy atom. The fourth-order valence-electron chi connectivity index (χ4n) is 1.03. The van der Waals surface area contributed by atoms with E-state index < -0.39 is 0 Å². The van der Waals surface area contributed by atoms with Gasteiger partial charge in [0.2, 0.25) is 0 Å². The average Bonchev–Trinajstić information content (AvgIpc) is 2.39. The topological polar surface area (TPSA) is 0 Å². The van der Waals surface area contributed by atoms with Crippen molar-refractivity contribution in [2.45, 2.75) is 4.90 Å². The molecule has 0 saturated carbocycles. The fourth-order valence-corrected chi connectivity index (χ4v) is 2.72. The van der Waals surface area contributed by atoms with Crippen molar-refractivity contribution in [3.63, 3.8) is 0 Å². The molecule has 1 aromatic carbocycles. The second-order valence-corrected chi connectivity index (χ2v) is 4.64. The lowest BCUT2D eigenvalue weighted by Crippen LogP contribution is -1.68. The van der Waals surface area contributed by atoms with Gasteiger partial charge in [-0.2, -0.15) is 4.39 Å². The number of thiol groups is 1. The van der Waals surface area contributed by atoms with Crippen LogP contribution in [0.2, 0.25) is 0 Å². The summed E-state index contributed by atoms with van der Waals surface area (Å²) < 4.78 is 14.6. The van der Waals surface area contributed by atoms with Gasteiger partial charge in [-0.25, -0.2) is 0 Å². The molecule has 0 fully saturated rings. The van der Waals surface area contributed by atoms with E-state index in [4.69, 9.17) is 0 Å². The smallest absolute Gasteiger partial charge is 0.177 e. The van der Waals surface area contributed by atoms with E-state index in [1.165, 1.54) is 6.07 Å². The van der Waals surface area contributed by atoms with Crippen molar-refractivity contribution in [1.82, 2.24) is 0 Å². The zero-order valence-electron chi connectivity index (χ0n) is 5.84. The van der Waals surface area contributed by atoms with Crippen LogP contribution in [0.15, 0.2) is 27.6 Å². The first-order valence-corrected chi connectivity index (χ1v) is 5.30. The van der Waals surface area contributed by atoms with E-state index in [1.807, 2.05) is 12.1 Å². The molecule has 0 unspecified atom stereocenters. The summed E-state index contributed by atoms with van der Waals surface area (Å²) in [4.78, 5) is 0.837. The van der Waals surface area contributed by atoms with Crippen molar-refractivity contribution in [1.29, 1.82) is 0 Å².